The van der Waals surface area contributed by atoms with Gasteiger partial charge in [0, 0.05) is 17.8 Å². The van der Waals surface area contributed by atoms with Gasteiger partial charge in [0.25, 0.3) is 0 Å². The summed E-state index contributed by atoms with van der Waals surface area (Å²) in [5.41, 5.74) is -0.419. The van der Waals surface area contributed by atoms with Crippen molar-refractivity contribution in [2.75, 3.05) is 0 Å². The maximum atomic E-state index is 12.9. The Morgan fingerprint density at radius 1 is 1.33 bits per heavy atom. The van der Waals surface area contributed by atoms with Crippen molar-refractivity contribution in [2.24, 2.45) is 0 Å². The molecule has 60 valence electrons. The monoisotopic (exact) mass is 165 g/mol. The Hall–Kier alpha value is -1.78. The maximum Gasteiger partial charge on any atom is 0.345 e. The summed E-state index contributed by atoms with van der Waals surface area (Å²) in [5, 5.41) is 0.481. The SMILES string of the molecule is O=c1ncc2cncc(F)c2[nH]1. The van der Waals surface area contributed by atoms with Crippen LogP contribution in [0, 0.1) is 5.82 Å². The standard InChI is InChI=1S/C7H4FN3O/c8-5-3-9-1-4-2-10-7(12)11-6(4)5/h1-3H,(H,10,11,12). The molecule has 4 nitrogen and oxygen atoms in total. The van der Waals surface area contributed by atoms with E-state index >= 15 is 0 Å². The lowest BCUT2D eigenvalue weighted by Gasteiger charge is -1.94. The van der Waals surface area contributed by atoms with Crippen molar-refractivity contribution < 1.29 is 4.39 Å². The van der Waals surface area contributed by atoms with E-state index in [4.69, 9.17) is 0 Å². The summed E-state index contributed by atoms with van der Waals surface area (Å²) in [7, 11) is 0. The number of aromatic amines is 1. The van der Waals surface area contributed by atoms with E-state index in [1.807, 2.05) is 0 Å². The van der Waals surface area contributed by atoms with Gasteiger partial charge in [0.15, 0.2) is 5.82 Å². The van der Waals surface area contributed by atoms with Crippen molar-refractivity contribution in [3.8, 4) is 0 Å². The highest BCUT2D eigenvalue weighted by Gasteiger charge is 2.00. The van der Waals surface area contributed by atoms with Gasteiger partial charge in [-0.25, -0.2) is 14.2 Å². The predicted molar refractivity (Wildman–Crippen MR) is 40.1 cm³/mol. The van der Waals surface area contributed by atoms with Crippen LogP contribution in [0.25, 0.3) is 10.9 Å². The smallest absolute Gasteiger partial charge is 0.303 e. The fourth-order valence-corrected chi connectivity index (χ4v) is 0.947. The lowest BCUT2D eigenvalue weighted by molar-refractivity contribution is 0.630. The molecule has 2 aromatic rings. The second-order valence-electron chi connectivity index (χ2n) is 2.27. The fourth-order valence-electron chi connectivity index (χ4n) is 0.947. The number of nitrogens with one attached hydrogen (secondary N) is 1. The van der Waals surface area contributed by atoms with Gasteiger partial charge in [0.1, 0.15) is 0 Å². The van der Waals surface area contributed by atoms with Crippen LogP contribution in [0.15, 0.2) is 23.4 Å². The van der Waals surface area contributed by atoms with Crippen LogP contribution in [0.3, 0.4) is 0 Å². The molecule has 0 saturated carbocycles. The highest BCUT2D eigenvalue weighted by molar-refractivity contribution is 5.76. The largest absolute Gasteiger partial charge is 0.345 e. The summed E-state index contributed by atoms with van der Waals surface area (Å²) >= 11 is 0. The van der Waals surface area contributed by atoms with Crippen molar-refractivity contribution >= 4 is 10.9 Å². The molecule has 0 bridgehead atoms. The zero-order valence-corrected chi connectivity index (χ0v) is 5.91. The molecule has 2 aromatic heterocycles. The summed E-state index contributed by atoms with van der Waals surface area (Å²) in [6, 6.07) is 0. The Morgan fingerprint density at radius 3 is 3.00 bits per heavy atom. The van der Waals surface area contributed by atoms with Crippen molar-refractivity contribution in [3.63, 3.8) is 0 Å². The molecule has 0 spiro atoms. The van der Waals surface area contributed by atoms with Gasteiger partial charge in [0.05, 0.1) is 11.7 Å². The molecular formula is C7H4FN3O. The normalized spacial score (nSPS) is 10.4. The lowest BCUT2D eigenvalue weighted by atomic mass is 10.3. The second kappa shape index (κ2) is 2.37. The summed E-state index contributed by atoms with van der Waals surface area (Å²) in [5.74, 6) is -0.549. The quantitative estimate of drug-likeness (QED) is 0.616. The zero-order valence-electron chi connectivity index (χ0n) is 5.91. The molecule has 0 unspecified atom stereocenters. The number of rotatable bonds is 0. The topological polar surface area (TPSA) is 58.6 Å². The van der Waals surface area contributed by atoms with Crippen LogP contribution >= 0.6 is 0 Å². The van der Waals surface area contributed by atoms with Gasteiger partial charge in [-0.1, -0.05) is 0 Å². The molecule has 0 radical (unpaired) electrons. The average molecular weight is 165 g/mol. The van der Waals surface area contributed by atoms with E-state index in [1.54, 1.807) is 0 Å². The predicted octanol–water partition coefficient (Wildman–Crippen LogP) is 0.457. The number of aromatic nitrogens is 3. The number of H-pyrrole nitrogens is 1. The Kier molecular flexibility index (Phi) is 1.36. The van der Waals surface area contributed by atoms with Crippen LogP contribution in [-0.4, -0.2) is 15.0 Å². The van der Waals surface area contributed by atoms with Crippen LogP contribution < -0.4 is 5.69 Å². The molecule has 5 heteroatoms. The molecule has 0 aromatic carbocycles. The third-order valence-corrected chi connectivity index (χ3v) is 1.48. The van der Waals surface area contributed by atoms with Gasteiger partial charge in [-0.05, 0) is 0 Å². The first kappa shape index (κ1) is 6.90. The third kappa shape index (κ3) is 0.952. The first-order valence-corrected chi connectivity index (χ1v) is 3.26. The second-order valence-corrected chi connectivity index (χ2v) is 2.27. The Morgan fingerprint density at radius 2 is 2.17 bits per heavy atom. The molecular weight excluding hydrogens is 161 g/mol. The van der Waals surface area contributed by atoms with Crippen molar-refractivity contribution in [1.82, 2.24) is 15.0 Å². The summed E-state index contributed by atoms with van der Waals surface area (Å²) in [4.78, 5) is 20.0. The Bertz CT molecular complexity index is 479. The minimum Gasteiger partial charge on any atom is -0.303 e. The van der Waals surface area contributed by atoms with Crippen LogP contribution in [-0.2, 0) is 0 Å². The number of fused-ring (bicyclic) bond motifs is 1. The van der Waals surface area contributed by atoms with Gasteiger partial charge < -0.3 is 4.98 Å². The molecule has 0 aliphatic heterocycles. The Balaban J connectivity index is 2.97. The average Bonchev–Trinajstić information content (AvgIpc) is 2.07. The van der Waals surface area contributed by atoms with Gasteiger partial charge in [0.2, 0.25) is 0 Å². The van der Waals surface area contributed by atoms with Crippen LogP contribution in [0.4, 0.5) is 4.39 Å². The van der Waals surface area contributed by atoms with Gasteiger partial charge >= 0.3 is 5.69 Å². The van der Waals surface area contributed by atoms with E-state index in [1.165, 1.54) is 12.4 Å². The van der Waals surface area contributed by atoms with Crippen molar-refractivity contribution in [1.29, 1.82) is 0 Å². The molecule has 0 aliphatic carbocycles. The summed E-state index contributed by atoms with van der Waals surface area (Å²) in [6.07, 6.45) is 3.75. The number of hydrogen-bond donors (Lipinski definition) is 1. The van der Waals surface area contributed by atoms with E-state index in [0.717, 1.165) is 6.20 Å². The van der Waals surface area contributed by atoms with Crippen LogP contribution in [0.1, 0.15) is 0 Å². The minimum atomic E-state index is -0.562. The van der Waals surface area contributed by atoms with Crippen molar-refractivity contribution in [3.05, 3.63) is 34.9 Å². The van der Waals surface area contributed by atoms with Crippen molar-refractivity contribution in [2.45, 2.75) is 0 Å². The van der Waals surface area contributed by atoms with E-state index in [-0.39, 0.29) is 5.52 Å². The molecule has 0 fully saturated rings. The van der Waals surface area contributed by atoms with E-state index in [0.29, 0.717) is 5.39 Å². The Labute approximate surface area is 66.1 Å². The third-order valence-electron chi connectivity index (χ3n) is 1.48. The molecule has 0 aliphatic rings. The first-order valence-electron chi connectivity index (χ1n) is 3.26. The van der Waals surface area contributed by atoms with E-state index < -0.39 is 11.5 Å². The van der Waals surface area contributed by atoms with Crippen LogP contribution in [0.2, 0.25) is 0 Å². The number of halogens is 1. The van der Waals surface area contributed by atoms with Gasteiger partial charge in [-0.2, -0.15) is 0 Å². The maximum absolute atomic E-state index is 12.9. The summed E-state index contributed by atoms with van der Waals surface area (Å²) < 4.78 is 12.9. The number of hydrogen-bond acceptors (Lipinski definition) is 3. The molecule has 0 amide bonds. The van der Waals surface area contributed by atoms with Gasteiger partial charge in [-0.3, -0.25) is 4.98 Å². The number of nitrogens with zero attached hydrogens (tertiary/aromatic N) is 2. The van der Waals surface area contributed by atoms with E-state index in [2.05, 4.69) is 15.0 Å². The number of pyridine rings is 1. The highest BCUT2D eigenvalue weighted by atomic mass is 19.1. The minimum absolute atomic E-state index is 0.144. The fraction of sp³-hybridized carbons (Fsp3) is 0. The van der Waals surface area contributed by atoms with Gasteiger partial charge in [-0.15, -0.1) is 0 Å². The zero-order chi connectivity index (χ0) is 8.55. The molecule has 0 atom stereocenters. The first-order chi connectivity index (χ1) is 5.77. The van der Waals surface area contributed by atoms with Crippen LogP contribution in [0.5, 0.6) is 0 Å². The highest BCUT2D eigenvalue weighted by Crippen LogP contribution is 2.08. The van der Waals surface area contributed by atoms with E-state index in [9.17, 15) is 9.18 Å². The lowest BCUT2D eigenvalue weighted by Crippen LogP contribution is -2.09. The molecule has 0 saturated heterocycles. The molecule has 12 heavy (non-hydrogen) atoms. The molecule has 2 heterocycles. The summed E-state index contributed by atoms with van der Waals surface area (Å²) in [6.45, 7) is 0. The molecule has 1 N–H and O–H groups in total. The molecule has 2 rings (SSSR count).